The molecule has 4 nitrogen and oxygen atoms in total. The van der Waals surface area contributed by atoms with Crippen molar-refractivity contribution in [3.63, 3.8) is 0 Å². The van der Waals surface area contributed by atoms with Gasteiger partial charge in [-0.2, -0.15) is 0 Å². The zero-order valence-corrected chi connectivity index (χ0v) is 16.9. The van der Waals surface area contributed by atoms with Crippen LogP contribution in [0.5, 0.6) is 5.75 Å². The lowest BCUT2D eigenvalue weighted by Gasteiger charge is -2.06. The van der Waals surface area contributed by atoms with Crippen LogP contribution in [-0.2, 0) is 4.79 Å². The molecule has 0 spiro atoms. The van der Waals surface area contributed by atoms with Crippen LogP contribution in [-0.4, -0.2) is 17.5 Å². The van der Waals surface area contributed by atoms with E-state index in [0.29, 0.717) is 29.6 Å². The van der Waals surface area contributed by atoms with Gasteiger partial charge in [-0.15, -0.1) is 11.3 Å². The van der Waals surface area contributed by atoms with Gasteiger partial charge in [0.15, 0.2) is 5.13 Å². The zero-order chi connectivity index (χ0) is 18.4. The van der Waals surface area contributed by atoms with Gasteiger partial charge in [-0.25, -0.2) is 4.98 Å². The summed E-state index contributed by atoms with van der Waals surface area (Å²) in [6, 6.07) is 15.1. The summed E-state index contributed by atoms with van der Waals surface area (Å²) in [7, 11) is 0. The summed E-state index contributed by atoms with van der Waals surface area (Å²) < 4.78 is 6.61. The molecule has 26 heavy (non-hydrogen) atoms. The zero-order valence-electron chi connectivity index (χ0n) is 13.7. The van der Waals surface area contributed by atoms with Crippen molar-refractivity contribution in [1.82, 2.24) is 4.98 Å². The number of nitrogens with zero attached hydrogens (tertiary/aromatic N) is 1. The van der Waals surface area contributed by atoms with Gasteiger partial charge in [0.1, 0.15) is 5.75 Å². The van der Waals surface area contributed by atoms with Crippen molar-refractivity contribution in [2.75, 3.05) is 11.9 Å². The molecule has 0 aliphatic rings. The van der Waals surface area contributed by atoms with Gasteiger partial charge >= 0.3 is 0 Å². The highest BCUT2D eigenvalue weighted by atomic mass is 79.9. The number of rotatable bonds is 7. The highest BCUT2D eigenvalue weighted by Crippen LogP contribution is 2.26. The molecular formula is C19H16BrClN2O2S. The highest BCUT2D eigenvalue weighted by molar-refractivity contribution is 9.10. The number of nitrogens with one attached hydrogen (secondary N) is 1. The Morgan fingerprint density at radius 3 is 2.62 bits per heavy atom. The second-order valence-corrected chi connectivity index (χ2v) is 7.71. The Hall–Kier alpha value is -1.89. The lowest BCUT2D eigenvalue weighted by atomic mass is 10.2. The van der Waals surface area contributed by atoms with E-state index in [1.54, 1.807) is 0 Å². The lowest BCUT2D eigenvalue weighted by Crippen LogP contribution is -2.12. The van der Waals surface area contributed by atoms with Crippen molar-refractivity contribution >= 4 is 49.9 Å². The molecule has 0 fully saturated rings. The average molecular weight is 452 g/mol. The van der Waals surface area contributed by atoms with E-state index < -0.39 is 0 Å². The molecule has 0 saturated heterocycles. The van der Waals surface area contributed by atoms with E-state index in [-0.39, 0.29) is 5.91 Å². The largest absolute Gasteiger partial charge is 0.494 e. The maximum absolute atomic E-state index is 12.0. The van der Waals surface area contributed by atoms with E-state index in [1.165, 1.54) is 11.3 Å². The molecular weight excluding hydrogens is 436 g/mol. The molecule has 3 aromatic rings. The number of carbonyl (C=O) groups is 1. The molecule has 0 bridgehead atoms. The van der Waals surface area contributed by atoms with Crippen LogP contribution >= 0.6 is 38.9 Å². The number of hydrogen-bond acceptors (Lipinski definition) is 4. The standard InChI is InChI=1S/C19H16BrClN2O2S/c20-14-5-9-16(10-6-14)25-11-1-2-18(24)23-19-22-17(12-26-19)13-3-7-15(21)8-4-13/h3-10,12H,1-2,11H2,(H,22,23,24). The molecule has 1 aromatic heterocycles. The molecule has 2 aromatic carbocycles. The van der Waals surface area contributed by atoms with Crippen LogP contribution in [0.4, 0.5) is 5.13 Å². The molecule has 0 atom stereocenters. The second-order valence-electron chi connectivity index (χ2n) is 5.50. The van der Waals surface area contributed by atoms with E-state index in [0.717, 1.165) is 21.5 Å². The maximum atomic E-state index is 12.0. The van der Waals surface area contributed by atoms with Crippen LogP contribution < -0.4 is 10.1 Å². The monoisotopic (exact) mass is 450 g/mol. The van der Waals surface area contributed by atoms with Crippen molar-refractivity contribution < 1.29 is 9.53 Å². The summed E-state index contributed by atoms with van der Waals surface area (Å²) in [5, 5.41) is 6.02. The van der Waals surface area contributed by atoms with Crippen LogP contribution in [0.25, 0.3) is 11.3 Å². The third-order valence-corrected chi connectivity index (χ3v) is 5.06. The van der Waals surface area contributed by atoms with Gasteiger partial charge in [-0.3, -0.25) is 4.79 Å². The molecule has 134 valence electrons. The number of anilines is 1. The fourth-order valence-corrected chi connectivity index (χ4v) is 3.35. The number of amides is 1. The normalized spacial score (nSPS) is 10.5. The number of thiazole rings is 1. The molecule has 1 N–H and O–H groups in total. The first-order chi connectivity index (χ1) is 12.6. The summed E-state index contributed by atoms with van der Waals surface area (Å²) in [6.45, 7) is 0.489. The Labute approximate surface area is 169 Å². The fraction of sp³-hybridized carbons (Fsp3) is 0.158. The van der Waals surface area contributed by atoms with Gasteiger partial charge < -0.3 is 10.1 Å². The first kappa shape index (κ1) is 18.9. The Bertz CT molecular complexity index is 866. The minimum absolute atomic E-state index is 0.0681. The first-order valence-electron chi connectivity index (χ1n) is 8.00. The van der Waals surface area contributed by atoms with Crippen molar-refractivity contribution in [3.05, 3.63) is 63.4 Å². The third-order valence-electron chi connectivity index (χ3n) is 3.52. The maximum Gasteiger partial charge on any atom is 0.226 e. The fourth-order valence-electron chi connectivity index (χ4n) is 2.22. The van der Waals surface area contributed by atoms with Crippen LogP contribution in [0, 0.1) is 0 Å². The second kappa shape index (κ2) is 9.16. The lowest BCUT2D eigenvalue weighted by molar-refractivity contribution is -0.116. The smallest absolute Gasteiger partial charge is 0.226 e. The Morgan fingerprint density at radius 2 is 1.88 bits per heavy atom. The van der Waals surface area contributed by atoms with E-state index in [4.69, 9.17) is 16.3 Å². The number of carbonyl (C=O) groups excluding carboxylic acids is 1. The van der Waals surface area contributed by atoms with Crippen molar-refractivity contribution in [1.29, 1.82) is 0 Å². The van der Waals surface area contributed by atoms with Crippen molar-refractivity contribution in [2.24, 2.45) is 0 Å². The summed E-state index contributed by atoms with van der Waals surface area (Å²) >= 11 is 10.7. The summed E-state index contributed by atoms with van der Waals surface area (Å²) in [6.07, 6.45) is 1.02. The first-order valence-corrected chi connectivity index (χ1v) is 10.0. The Kier molecular flexibility index (Phi) is 6.66. The topological polar surface area (TPSA) is 51.2 Å². The molecule has 1 amide bonds. The van der Waals surface area contributed by atoms with E-state index >= 15 is 0 Å². The van der Waals surface area contributed by atoms with Gasteiger partial charge in [0.2, 0.25) is 5.91 Å². The molecule has 3 rings (SSSR count). The predicted molar refractivity (Wildman–Crippen MR) is 110 cm³/mol. The minimum atomic E-state index is -0.0681. The van der Waals surface area contributed by atoms with Gasteiger partial charge in [0, 0.05) is 26.9 Å². The molecule has 0 unspecified atom stereocenters. The number of ether oxygens (including phenoxy) is 1. The minimum Gasteiger partial charge on any atom is -0.494 e. The van der Waals surface area contributed by atoms with E-state index in [2.05, 4.69) is 26.2 Å². The molecule has 0 aliphatic carbocycles. The SMILES string of the molecule is O=C(CCCOc1ccc(Br)cc1)Nc1nc(-c2ccc(Cl)cc2)cs1. The third kappa shape index (κ3) is 5.56. The molecule has 0 aliphatic heterocycles. The number of halogens is 2. The summed E-state index contributed by atoms with van der Waals surface area (Å²) in [4.78, 5) is 16.5. The number of benzene rings is 2. The van der Waals surface area contributed by atoms with Crippen molar-refractivity contribution in [2.45, 2.75) is 12.8 Å². The Balaban J connectivity index is 1.43. The number of hydrogen-bond donors (Lipinski definition) is 1. The average Bonchev–Trinajstić information content (AvgIpc) is 3.09. The summed E-state index contributed by atoms with van der Waals surface area (Å²) in [5.74, 6) is 0.725. The van der Waals surface area contributed by atoms with Gasteiger partial charge in [-0.1, -0.05) is 39.7 Å². The highest BCUT2D eigenvalue weighted by Gasteiger charge is 2.08. The molecule has 1 heterocycles. The van der Waals surface area contributed by atoms with Crippen LogP contribution in [0.2, 0.25) is 5.02 Å². The predicted octanol–water partition coefficient (Wildman–Crippen LogP) is 6.02. The molecule has 0 radical (unpaired) electrons. The summed E-state index contributed by atoms with van der Waals surface area (Å²) in [5.41, 5.74) is 1.79. The Morgan fingerprint density at radius 1 is 1.15 bits per heavy atom. The van der Waals surface area contributed by atoms with Crippen LogP contribution in [0.15, 0.2) is 58.4 Å². The van der Waals surface area contributed by atoms with Gasteiger partial charge in [-0.05, 0) is 42.8 Å². The van der Waals surface area contributed by atoms with Crippen molar-refractivity contribution in [3.8, 4) is 17.0 Å². The van der Waals surface area contributed by atoms with E-state index in [1.807, 2.05) is 53.9 Å². The van der Waals surface area contributed by atoms with Crippen LogP contribution in [0.3, 0.4) is 0 Å². The van der Waals surface area contributed by atoms with E-state index in [9.17, 15) is 4.79 Å². The van der Waals surface area contributed by atoms with Crippen LogP contribution in [0.1, 0.15) is 12.8 Å². The molecule has 7 heteroatoms. The number of aromatic nitrogens is 1. The quantitative estimate of drug-likeness (QED) is 0.447. The van der Waals surface area contributed by atoms with Gasteiger partial charge in [0.25, 0.3) is 0 Å². The van der Waals surface area contributed by atoms with Gasteiger partial charge in [0.05, 0.1) is 12.3 Å². The molecule has 0 saturated carbocycles.